The molecule has 0 bridgehead atoms. The number of halogens is 2. The Balaban J connectivity index is 2.20. The van der Waals surface area contributed by atoms with Crippen LogP contribution in [-0.4, -0.2) is 13.7 Å². The molecule has 0 spiro atoms. The molecule has 5 heteroatoms. The minimum absolute atomic E-state index is 0.0971. The van der Waals surface area contributed by atoms with E-state index in [1.807, 2.05) is 18.2 Å². The summed E-state index contributed by atoms with van der Waals surface area (Å²) in [5.74, 6) is 0.816. The van der Waals surface area contributed by atoms with Gasteiger partial charge in [-0.2, -0.15) is 0 Å². The van der Waals surface area contributed by atoms with E-state index < -0.39 is 5.82 Å². The number of ether oxygens (including phenoxy) is 2. The molecule has 3 nitrogen and oxygen atoms in total. The highest BCUT2D eigenvalue weighted by Crippen LogP contribution is 2.32. The van der Waals surface area contributed by atoms with Gasteiger partial charge in [0.15, 0.2) is 11.5 Å². The first kappa shape index (κ1) is 15.6. The summed E-state index contributed by atoms with van der Waals surface area (Å²) in [5.41, 5.74) is 7.26. The smallest absolute Gasteiger partial charge is 0.164 e. The molecular weight excluding hydrogens is 293 g/mol. The summed E-state index contributed by atoms with van der Waals surface area (Å²) in [5, 5.41) is 0.0971. The van der Waals surface area contributed by atoms with Crippen molar-refractivity contribution in [3.8, 4) is 11.5 Å². The van der Waals surface area contributed by atoms with Gasteiger partial charge >= 0.3 is 0 Å². The summed E-state index contributed by atoms with van der Waals surface area (Å²) >= 11 is 5.66. The molecule has 2 aromatic carbocycles. The van der Waals surface area contributed by atoms with Gasteiger partial charge in [-0.3, -0.25) is 0 Å². The minimum atomic E-state index is -0.458. The molecule has 0 unspecified atom stereocenters. The number of rotatable bonds is 6. The molecule has 0 radical (unpaired) electrons. The van der Waals surface area contributed by atoms with Crippen molar-refractivity contribution < 1.29 is 13.9 Å². The van der Waals surface area contributed by atoms with Gasteiger partial charge in [0.25, 0.3) is 0 Å². The molecular formula is C16H17ClFNO2. The number of nitrogens with two attached hydrogens (primary N) is 1. The molecule has 112 valence electrons. The lowest BCUT2D eigenvalue weighted by molar-refractivity contribution is 0.281. The molecule has 2 aromatic rings. The molecule has 0 aliphatic carbocycles. The molecule has 0 saturated heterocycles. The first-order chi connectivity index (χ1) is 10.2. The highest BCUT2D eigenvalue weighted by molar-refractivity contribution is 6.30. The standard InChI is InChI=1S/C16H17ClFNO2/c1-20-15-4-2-3-12(7-8-19)16(15)21-10-11-5-6-13(17)14(18)9-11/h2-6,9H,7-8,10,19H2,1H3. The summed E-state index contributed by atoms with van der Waals surface area (Å²) in [4.78, 5) is 0. The Morgan fingerprint density at radius 2 is 2.05 bits per heavy atom. The number of hydrogen-bond acceptors (Lipinski definition) is 3. The maximum Gasteiger partial charge on any atom is 0.164 e. The predicted octanol–water partition coefficient (Wildman–Crippen LogP) is 3.57. The molecule has 0 aromatic heterocycles. The molecule has 0 aliphatic rings. The normalized spacial score (nSPS) is 10.5. The van der Waals surface area contributed by atoms with Crippen molar-refractivity contribution in [2.24, 2.45) is 5.73 Å². The summed E-state index contributed by atoms with van der Waals surface area (Å²) in [6.45, 7) is 0.741. The van der Waals surface area contributed by atoms with Crippen LogP contribution in [0, 0.1) is 5.82 Å². The van der Waals surface area contributed by atoms with Crippen LogP contribution in [0.15, 0.2) is 36.4 Å². The van der Waals surface area contributed by atoms with Gasteiger partial charge in [-0.15, -0.1) is 0 Å². The van der Waals surface area contributed by atoms with Crippen LogP contribution in [0.1, 0.15) is 11.1 Å². The number of benzene rings is 2. The van der Waals surface area contributed by atoms with Crippen molar-refractivity contribution in [1.82, 2.24) is 0 Å². The Bertz CT molecular complexity index is 619. The van der Waals surface area contributed by atoms with Crippen LogP contribution in [0.4, 0.5) is 4.39 Å². The zero-order valence-corrected chi connectivity index (χ0v) is 12.5. The minimum Gasteiger partial charge on any atom is -0.493 e. The number of methoxy groups -OCH3 is 1. The number of para-hydroxylation sites is 1. The van der Waals surface area contributed by atoms with Gasteiger partial charge < -0.3 is 15.2 Å². The summed E-state index contributed by atoms with van der Waals surface area (Å²) in [7, 11) is 1.58. The third kappa shape index (κ3) is 3.86. The zero-order valence-electron chi connectivity index (χ0n) is 11.7. The summed E-state index contributed by atoms with van der Waals surface area (Å²) in [6.07, 6.45) is 0.682. The second kappa shape index (κ2) is 7.29. The van der Waals surface area contributed by atoms with E-state index in [0.29, 0.717) is 30.0 Å². The van der Waals surface area contributed by atoms with E-state index in [4.69, 9.17) is 26.8 Å². The maximum atomic E-state index is 13.4. The third-order valence-corrected chi connectivity index (χ3v) is 3.37. The Kier molecular flexibility index (Phi) is 5.42. The van der Waals surface area contributed by atoms with Crippen LogP contribution in [-0.2, 0) is 13.0 Å². The van der Waals surface area contributed by atoms with Gasteiger partial charge in [-0.1, -0.05) is 29.8 Å². The topological polar surface area (TPSA) is 44.5 Å². The highest BCUT2D eigenvalue weighted by atomic mass is 35.5. The third-order valence-electron chi connectivity index (χ3n) is 3.06. The fourth-order valence-electron chi connectivity index (χ4n) is 2.02. The Morgan fingerprint density at radius 3 is 2.71 bits per heavy atom. The lowest BCUT2D eigenvalue weighted by Crippen LogP contribution is -2.06. The van der Waals surface area contributed by atoms with E-state index in [0.717, 1.165) is 5.56 Å². The van der Waals surface area contributed by atoms with Gasteiger partial charge in [0.2, 0.25) is 0 Å². The molecule has 2 rings (SSSR count). The van der Waals surface area contributed by atoms with Gasteiger partial charge in [-0.05, 0) is 42.3 Å². The maximum absolute atomic E-state index is 13.4. The number of hydrogen-bond donors (Lipinski definition) is 1. The van der Waals surface area contributed by atoms with E-state index in [1.54, 1.807) is 13.2 Å². The molecule has 2 N–H and O–H groups in total. The monoisotopic (exact) mass is 309 g/mol. The molecule has 0 amide bonds. The quantitative estimate of drug-likeness (QED) is 0.887. The van der Waals surface area contributed by atoms with Crippen LogP contribution >= 0.6 is 11.6 Å². The first-order valence-electron chi connectivity index (χ1n) is 6.58. The SMILES string of the molecule is COc1cccc(CCN)c1OCc1ccc(Cl)c(F)c1. The van der Waals surface area contributed by atoms with Crippen molar-refractivity contribution in [3.05, 3.63) is 58.4 Å². The summed E-state index contributed by atoms with van der Waals surface area (Å²) in [6, 6.07) is 10.2. The molecule has 0 atom stereocenters. The Labute approximate surface area is 128 Å². The lowest BCUT2D eigenvalue weighted by Gasteiger charge is -2.15. The van der Waals surface area contributed by atoms with Crippen LogP contribution in [0.5, 0.6) is 11.5 Å². The molecule has 0 fully saturated rings. The van der Waals surface area contributed by atoms with Crippen molar-refractivity contribution in [2.75, 3.05) is 13.7 Å². The average Bonchev–Trinajstić information content (AvgIpc) is 2.49. The van der Waals surface area contributed by atoms with Gasteiger partial charge in [0.05, 0.1) is 12.1 Å². The van der Waals surface area contributed by atoms with Crippen molar-refractivity contribution in [3.63, 3.8) is 0 Å². The fraction of sp³-hybridized carbons (Fsp3) is 0.250. The average molecular weight is 310 g/mol. The van der Waals surface area contributed by atoms with E-state index >= 15 is 0 Å². The van der Waals surface area contributed by atoms with Crippen LogP contribution in [0.3, 0.4) is 0 Å². The Morgan fingerprint density at radius 1 is 1.24 bits per heavy atom. The van der Waals surface area contributed by atoms with Crippen LogP contribution < -0.4 is 15.2 Å². The van der Waals surface area contributed by atoms with E-state index in [9.17, 15) is 4.39 Å². The highest BCUT2D eigenvalue weighted by Gasteiger charge is 2.11. The predicted molar refractivity (Wildman–Crippen MR) is 81.5 cm³/mol. The van der Waals surface area contributed by atoms with Gasteiger partial charge in [0, 0.05) is 0 Å². The molecule has 0 saturated carbocycles. The fourth-order valence-corrected chi connectivity index (χ4v) is 2.14. The van der Waals surface area contributed by atoms with E-state index in [2.05, 4.69) is 0 Å². The first-order valence-corrected chi connectivity index (χ1v) is 6.96. The summed E-state index contributed by atoms with van der Waals surface area (Å²) < 4.78 is 24.5. The van der Waals surface area contributed by atoms with Crippen molar-refractivity contribution in [2.45, 2.75) is 13.0 Å². The van der Waals surface area contributed by atoms with E-state index in [1.165, 1.54) is 12.1 Å². The van der Waals surface area contributed by atoms with Crippen molar-refractivity contribution >= 4 is 11.6 Å². The Hall–Kier alpha value is -1.78. The van der Waals surface area contributed by atoms with Gasteiger partial charge in [0.1, 0.15) is 12.4 Å². The molecule has 21 heavy (non-hydrogen) atoms. The molecule has 0 aliphatic heterocycles. The largest absolute Gasteiger partial charge is 0.493 e. The second-order valence-corrected chi connectivity index (χ2v) is 4.93. The zero-order chi connectivity index (χ0) is 15.2. The van der Waals surface area contributed by atoms with Crippen LogP contribution in [0.2, 0.25) is 5.02 Å². The van der Waals surface area contributed by atoms with E-state index in [-0.39, 0.29) is 11.6 Å². The van der Waals surface area contributed by atoms with Crippen molar-refractivity contribution in [1.29, 1.82) is 0 Å². The molecule has 0 heterocycles. The lowest BCUT2D eigenvalue weighted by atomic mass is 10.1. The van der Waals surface area contributed by atoms with Gasteiger partial charge in [-0.25, -0.2) is 4.39 Å². The second-order valence-electron chi connectivity index (χ2n) is 4.52. The van der Waals surface area contributed by atoms with Crippen LogP contribution in [0.25, 0.3) is 0 Å².